The van der Waals surface area contributed by atoms with E-state index in [2.05, 4.69) is 17.9 Å². The van der Waals surface area contributed by atoms with Crippen LogP contribution in [0.2, 0.25) is 0 Å². The molecule has 2 unspecified atom stereocenters. The molecule has 2 aromatic rings. The van der Waals surface area contributed by atoms with E-state index in [4.69, 9.17) is 5.11 Å². The van der Waals surface area contributed by atoms with Crippen LogP contribution in [0.15, 0.2) is 48.5 Å². The van der Waals surface area contributed by atoms with Gasteiger partial charge in [0.25, 0.3) is 0 Å². The quantitative estimate of drug-likeness (QED) is 0.732. The zero-order valence-corrected chi connectivity index (χ0v) is 13.9. The SMILES string of the molecule is Cc1c(NC(=O)C(S)C(C)c2ccccc2)cccc1C(=O)O. The van der Waals surface area contributed by atoms with Gasteiger partial charge in [0.1, 0.15) is 0 Å². The number of hydrogen-bond donors (Lipinski definition) is 3. The minimum Gasteiger partial charge on any atom is -0.478 e. The molecule has 5 heteroatoms. The molecule has 0 spiro atoms. The van der Waals surface area contributed by atoms with Crippen LogP contribution in [0, 0.1) is 6.92 Å². The van der Waals surface area contributed by atoms with Gasteiger partial charge in [0, 0.05) is 11.6 Å². The number of carbonyl (C=O) groups excluding carboxylic acids is 1. The third kappa shape index (κ3) is 3.93. The van der Waals surface area contributed by atoms with Gasteiger partial charge in [-0.2, -0.15) is 12.6 Å². The van der Waals surface area contributed by atoms with Crippen molar-refractivity contribution in [3.63, 3.8) is 0 Å². The summed E-state index contributed by atoms with van der Waals surface area (Å²) < 4.78 is 0. The molecule has 0 heterocycles. The summed E-state index contributed by atoms with van der Waals surface area (Å²) in [7, 11) is 0. The summed E-state index contributed by atoms with van der Waals surface area (Å²) in [6, 6.07) is 14.5. The second-order valence-electron chi connectivity index (χ2n) is 5.42. The molecular formula is C18H19NO3S. The van der Waals surface area contributed by atoms with Crippen LogP contribution in [0.4, 0.5) is 5.69 Å². The fourth-order valence-electron chi connectivity index (χ4n) is 2.38. The summed E-state index contributed by atoms with van der Waals surface area (Å²) in [5.74, 6) is -1.34. The number of carboxylic acid groups (broad SMARTS) is 1. The van der Waals surface area contributed by atoms with Gasteiger partial charge >= 0.3 is 5.97 Å². The molecule has 0 radical (unpaired) electrons. The lowest BCUT2D eigenvalue weighted by Crippen LogP contribution is -2.28. The predicted octanol–water partition coefficient (Wildman–Crippen LogP) is 3.73. The van der Waals surface area contributed by atoms with Gasteiger partial charge in [0.15, 0.2) is 0 Å². The molecule has 120 valence electrons. The van der Waals surface area contributed by atoms with Crippen molar-refractivity contribution in [2.75, 3.05) is 5.32 Å². The monoisotopic (exact) mass is 329 g/mol. The maximum atomic E-state index is 12.4. The lowest BCUT2D eigenvalue weighted by Gasteiger charge is -2.20. The van der Waals surface area contributed by atoms with Gasteiger partial charge < -0.3 is 10.4 Å². The number of thiol groups is 1. The molecule has 0 aliphatic heterocycles. The van der Waals surface area contributed by atoms with Crippen molar-refractivity contribution >= 4 is 30.2 Å². The summed E-state index contributed by atoms with van der Waals surface area (Å²) >= 11 is 4.43. The molecule has 0 aliphatic rings. The minimum atomic E-state index is -1.02. The van der Waals surface area contributed by atoms with Gasteiger partial charge in [0.05, 0.1) is 10.8 Å². The number of benzene rings is 2. The van der Waals surface area contributed by atoms with Crippen LogP contribution in [0.5, 0.6) is 0 Å². The number of amides is 1. The molecule has 2 rings (SSSR count). The molecule has 1 amide bonds. The Kier molecular flexibility index (Phi) is 5.45. The third-order valence-electron chi connectivity index (χ3n) is 3.89. The Morgan fingerprint density at radius 3 is 2.35 bits per heavy atom. The van der Waals surface area contributed by atoms with E-state index in [0.29, 0.717) is 11.3 Å². The Balaban J connectivity index is 2.16. The lowest BCUT2D eigenvalue weighted by molar-refractivity contribution is -0.116. The molecule has 0 saturated carbocycles. The zero-order chi connectivity index (χ0) is 17.0. The van der Waals surface area contributed by atoms with Crippen molar-refractivity contribution in [1.82, 2.24) is 0 Å². The summed E-state index contributed by atoms with van der Waals surface area (Å²) in [6.45, 7) is 3.61. The third-order valence-corrected chi connectivity index (χ3v) is 4.57. The molecule has 4 nitrogen and oxygen atoms in total. The second kappa shape index (κ2) is 7.33. The first-order chi connectivity index (χ1) is 10.9. The van der Waals surface area contributed by atoms with Crippen LogP contribution in [0.3, 0.4) is 0 Å². The second-order valence-corrected chi connectivity index (χ2v) is 5.97. The predicted molar refractivity (Wildman–Crippen MR) is 94.4 cm³/mol. The molecule has 0 aliphatic carbocycles. The number of carbonyl (C=O) groups is 2. The highest BCUT2D eigenvalue weighted by Crippen LogP contribution is 2.25. The van der Waals surface area contributed by atoms with Crippen LogP contribution in [-0.2, 0) is 4.79 Å². The number of hydrogen-bond acceptors (Lipinski definition) is 3. The van der Waals surface area contributed by atoms with Crippen molar-refractivity contribution < 1.29 is 14.7 Å². The van der Waals surface area contributed by atoms with E-state index in [0.717, 1.165) is 5.56 Å². The fourth-order valence-corrected chi connectivity index (χ4v) is 2.61. The highest BCUT2D eigenvalue weighted by molar-refractivity contribution is 7.81. The average Bonchev–Trinajstić information content (AvgIpc) is 2.55. The number of nitrogens with one attached hydrogen (secondary N) is 1. The standard InChI is InChI=1S/C18H19NO3S/c1-11(13-7-4-3-5-8-13)16(23)17(20)19-15-10-6-9-14(12(15)2)18(21)22/h3-11,16,23H,1-2H3,(H,19,20)(H,21,22). The number of carboxylic acids is 1. The van der Waals surface area contributed by atoms with Crippen LogP contribution >= 0.6 is 12.6 Å². The molecule has 0 aromatic heterocycles. The molecule has 2 atom stereocenters. The first-order valence-electron chi connectivity index (χ1n) is 7.28. The van der Waals surface area contributed by atoms with Gasteiger partial charge in [-0.05, 0) is 30.2 Å². The molecular weight excluding hydrogens is 310 g/mol. The molecule has 2 aromatic carbocycles. The number of anilines is 1. The Bertz CT molecular complexity index is 715. The van der Waals surface area contributed by atoms with E-state index in [1.54, 1.807) is 19.1 Å². The Morgan fingerprint density at radius 2 is 1.74 bits per heavy atom. The van der Waals surface area contributed by atoms with Crippen molar-refractivity contribution in [1.29, 1.82) is 0 Å². The van der Waals surface area contributed by atoms with E-state index in [-0.39, 0.29) is 17.4 Å². The van der Waals surface area contributed by atoms with Crippen LogP contribution in [0.25, 0.3) is 0 Å². The van der Waals surface area contributed by atoms with E-state index >= 15 is 0 Å². The average molecular weight is 329 g/mol. The summed E-state index contributed by atoms with van der Waals surface area (Å²) in [5, 5.41) is 11.4. The summed E-state index contributed by atoms with van der Waals surface area (Å²) in [4.78, 5) is 23.6. The van der Waals surface area contributed by atoms with Crippen LogP contribution in [0.1, 0.15) is 34.3 Å². The summed E-state index contributed by atoms with van der Waals surface area (Å²) in [6.07, 6.45) is 0. The van der Waals surface area contributed by atoms with Crippen LogP contribution < -0.4 is 5.32 Å². The van der Waals surface area contributed by atoms with E-state index in [1.807, 2.05) is 37.3 Å². The maximum absolute atomic E-state index is 12.4. The Morgan fingerprint density at radius 1 is 1.09 bits per heavy atom. The maximum Gasteiger partial charge on any atom is 0.336 e. The smallest absolute Gasteiger partial charge is 0.336 e. The van der Waals surface area contributed by atoms with Gasteiger partial charge in [-0.1, -0.05) is 43.3 Å². The normalized spacial score (nSPS) is 13.2. The van der Waals surface area contributed by atoms with Crippen molar-refractivity contribution in [3.8, 4) is 0 Å². The topological polar surface area (TPSA) is 66.4 Å². The van der Waals surface area contributed by atoms with E-state index < -0.39 is 11.2 Å². The lowest BCUT2D eigenvalue weighted by atomic mass is 9.97. The van der Waals surface area contributed by atoms with Gasteiger partial charge in [0.2, 0.25) is 5.91 Å². The highest BCUT2D eigenvalue weighted by atomic mass is 32.1. The molecule has 23 heavy (non-hydrogen) atoms. The Hall–Kier alpha value is -2.27. The molecule has 0 saturated heterocycles. The van der Waals surface area contributed by atoms with Crippen molar-refractivity contribution in [2.24, 2.45) is 0 Å². The van der Waals surface area contributed by atoms with Crippen molar-refractivity contribution in [2.45, 2.75) is 25.0 Å². The Labute approximate surface area is 141 Å². The van der Waals surface area contributed by atoms with Crippen LogP contribution in [-0.4, -0.2) is 22.2 Å². The van der Waals surface area contributed by atoms with Gasteiger partial charge in [-0.3, -0.25) is 4.79 Å². The summed E-state index contributed by atoms with van der Waals surface area (Å²) in [5.41, 5.74) is 2.23. The largest absolute Gasteiger partial charge is 0.478 e. The number of aromatic carboxylic acids is 1. The first-order valence-corrected chi connectivity index (χ1v) is 7.80. The molecule has 0 fully saturated rings. The first kappa shape index (κ1) is 17.1. The van der Waals surface area contributed by atoms with Gasteiger partial charge in [-0.15, -0.1) is 0 Å². The van der Waals surface area contributed by atoms with E-state index in [1.165, 1.54) is 6.07 Å². The molecule has 2 N–H and O–H groups in total. The number of rotatable bonds is 5. The zero-order valence-electron chi connectivity index (χ0n) is 13.0. The minimum absolute atomic E-state index is 0.0671. The van der Waals surface area contributed by atoms with Crippen molar-refractivity contribution in [3.05, 3.63) is 65.2 Å². The van der Waals surface area contributed by atoms with Gasteiger partial charge in [-0.25, -0.2) is 4.79 Å². The highest BCUT2D eigenvalue weighted by Gasteiger charge is 2.23. The fraction of sp³-hybridized carbons (Fsp3) is 0.222. The molecule has 0 bridgehead atoms. The van der Waals surface area contributed by atoms with E-state index in [9.17, 15) is 9.59 Å².